The van der Waals surface area contributed by atoms with Gasteiger partial charge in [-0.25, -0.2) is 4.98 Å². The van der Waals surface area contributed by atoms with Gasteiger partial charge >= 0.3 is 0 Å². The number of aromatic nitrogens is 3. The summed E-state index contributed by atoms with van der Waals surface area (Å²) in [6.07, 6.45) is 1.68. The van der Waals surface area contributed by atoms with E-state index in [4.69, 9.17) is 9.72 Å². The molecule has 9 heteroatoms. The number of nitrogens with zero attached hydrogens (tertiary/aromatic N) is 5. The first-order chi connectivity index (χ1) is 14.1. The summed E-state index contributed by atoms with van der Waals surface area (Å²) < 4.78 is 8.30. The molecule has 1 amide bonds. The average molecular weight is 450 g/mol. The number of hydrogen-bond donors (Lipinski definition) is 0. The molecular formula is C21H28ClN5O2S. The van der Waals surface area contributed by atoms with Crippen molar-refractivity contribution in [3.8, 4) is 0 Å². The van der Waals surface area contributed by atoms with Crippen molar-refractivity contribution in [3.63, 3.8) is 0 Å². The van der Waals surface area contributed by atoms with Gasteiger partial charge < -0.3 is 4.74 Å². The highest BCUT2D eigenvalue weighted by atomic mass is 35.5. The first kappa shape index (κ1) is 22.7. The number of anilines is 1. The van der Waals surface area contributed by atoms with Crippen molar-refractivity contribution in [1.82, 2.24) is 19.7 Å². The van der Waals surface area contributed by atoms with Crippen molar-refractivity contribution in [1.29, 1.82) is 0 Å². The van der Waals surface area contributed by atoms with Gasteiger partial charge in [0.05, 0.1) is 23.4 Å². The summed E-state index contributed by atoms with van der Waals surface area (Å²) in [5.41, 5.74) is 3.97. The Hall–Kier alpha value is -2.00. The molecular weight excluding hydrogens is 422 g/mol. The van der Waals surface area contributed by atoms with Crippen molar-refractivity contribution in [2.75, 3.05) is 44.3 Å². The minimum atomic E-state index is -0.0500. The summed E-state index contributed by atoms with van der Waals surface area (Å²) in [5.74, 6) is -0.0500. The van der Waals surface area contributed by atoms with Crippen LogP contribution < -0.4 is 4.90 Å². The topological polar surface area (TPSA) is 63.5 Å². The summed E-state index contributed by atoms with van der Waals surface area (Å²) in [6.45, 7) is 11.5. The average Bonchev–Trinajstić information content (AvgIpc) is 3.39. The van der Waals surface area contributed by atoms with Crippen LogP contribution in [0.3, 0.4) is 0 Å². The van der Waals surface area contributed by atoms with E-state index < -0.39 is 0 Å². The van der Waals surface area contributed by atoms with Gasteiger partial charge in [-0.05, 0) is 44.0 Å². The first-order valence-electron chi connectivity index (χ1n) is 10.1. The standard InChI is InChI=1S/C21H27N5O2S.ClH/c1-4-26-17(7-8-22-26)20(27)25(10-9-24-11-13-28-14-12-24)21-23-19-16(3)15(2)5-6-18(19)29-21;/h5-8H,4,9-14H2,1-3H3;1H. The smallest absolute Gasteiger partial charge is 0.278 e. The lowest BCUT2D eigenvalue weighted by Gasteiger charge is -2.29. The van der Waals surface area contributed by atoms with Gasteiger partial charge in [-0.15, -0.1) is 12.4 Å². The molecule has 0 radical (unpaired) electrons. The van der Waals surface area contributed by atoms with E-state index in [1.54, 1.807) is 28.3 Å². The van der Waals surface area contributed by atoms with Crippen molar-refractivity contribution in [3.05, 3.63) is 41.2 Å². The Morgan fingerprint density at radius 3 is 2.73 bits per heavy atom. The largest absolute Gasteiger partial charge is 0.379 e. The van der Waals surface area contributed by atoms with Crippen LogP contribution in [0.2, 0.25) is 0 Å². The predicted molar refractivity (Wildman–Crippen MR) is 123 cm³/mol. The maximum absolute atomic E-state index is 13.5. The molecule has 30 heavy (non-hydrogen) atoms. The Morgan fingerprint density at radius 1 is 1.23 bits per heavy atom. The number of amides is 1. The first-order valence-corrected chi connectivity index (χ1v) is 10.9. The second-order valence-electron chi connectivity index (χ2n) is 7.29. The molecule has 1 aliphatic heterocycles. The molecule has 0 bridgehead atoms. The lowest BCUT2D eigenvalue weighted by atomic mass is 10.1. The van der Waals surface area contributed by atoms with Gasteiger partial charge in [0, 0.05) is 38.9 Å². The van der Waals surface area contributed by atoms with E-state index in [0.717, 1.165) is 48.2 Å². The molecule has 1 fully saturated rings. The van der Waals surface area contributed by atoms with Crippen LogP contribution in [0, 0.1) is 13.8 Å². The van der Waals surface area contributed by atoms with Gasteiger partial charge in [-0.2, -0.15) is 5.10 Å². The van der Waals surface area contributed by atoms with E-state index in [2.05, 4.69) is 36.0 Å². The van der Waals surface area contributed by atoms with E-state index >= 15 is 0 Å². The van der Waals surface area contributed by atoms with Gasteiger partial charge in [0.2, 0.25) is 0 Å². The molecule has 0 aliphatic carbocycles. The molecule has 1 saturated heterocycles. The summed E-state index contributed by atoms with van der Waals surface area (Å²) in [5, 5.41) is 5.02. The second-order valence-corrected chi connectivity index (χ2v) is 8.30. The fourth-order valence-corrected chi connectivity index (χ4v) is 4.63. The summed E-state index contributed by atoms with van der Waals surface area (Å²) in [4.78, 5) is 22.5. The molecule has 0 N–H and O–H groups in total. The molecule has 0 unspecified atom stereocenters. The number of thiazole rings is 1. The highest BCUT2D eigenvalue weighted by Crippen LogP contribution is 2.32. The molecule has 0 saturated carbocycles. The fraction of sp³-hybridized carbons (Fsp3) is 0.476. The number of morpholine rings is 1. The molecule has 2 aromatic heterocycles. The third-order valence-corrected chi connectivity index (χ3v) is 6.57. The molecule has 0 spiro atoms. The van der Waals surface area contributed by atoms with Gasteiger partial charge in [0.15, 0.2) is 5.13 Å². The molecule has 3 aromatic rings. The van der Waals surface area contributed by atoms with E-state index in [1.807, 2.05) is 11.8 Å². The lowest BCUT2D eigenvalue weighted by Crippen LogP contribution is -2.43. The van der Waals surface area contributed by atoms with E-state index in [-0.39, 0.29) is 18.3 Å². The van der Waals surface area contributed by atoms with Gasteiger partial charge in [0.1, 0.15) is 5.69 Å². The van der Waals surface area contributed by atoms with Crippen LogP contribution in [-0.4, -0.2) is 65.0 Å². The SMILES string of the molecule is CCn1nccc1C(=O)N(CCN1CCOCC1)c1nc2c(C)c(C)ccc2s1.Cl. The Balaban J connectivity index is 0.00000256. The molecule has 162 valence electrons. The normalized spacial score (nSPS) is 14.6. The number of carbonyl (C=O) groups is 1. The van der Waals surface area contributed by atoms with Gasteiger partial charge in [-0.1, -0.05) is 17.4 Å². The highest BCUT2D eigenvalue weighted by molar-refractivity contribution is 7.22. The third-order valence-electron chi connectivity index (χ3n) is 5.53. The van der Waals surface area contributed by atoms with E-state index in [0.29, 0.717) is 18.8 Å². The van der Waals surface area contributed by atoms with E-state index in [9.17, 15) is 4.79 Å². The van der Waals surface area contributed by atoms with Crippen molar-refractivity contribution in [2.45, 2.75) is 27.3 Å². The maximum atomic E-state index is 13.5. The molecule has 1 aliphatic rings. The van der Waals surface area contributed by atoms with Crippen LogP contribution in [-0.2, 0) is 11.3 Å². The van der Waals surface area contributed by atoms with Crippen LogP contribution in [0.25, 0.3) is 10.2 Å². The fourth-order valence-electron chi connectivity index (χ4n) is 3.58. The molecule has 3 heterocycles. The van der Waals surface area contributed by atoms with Crippen molar-refractivity contribution in [2.24, 2.45) is 0 Å². The number of halogens is 1. The lowest BCUT2D eigenvalue weighted by molar-refractivity contribution is 0.0391. The van der Waals surface area contributed by atoms with Crippen LogP contribution in [0.1, 0.15) is 28.5 Å². The summed E-state index contributed by atoms with van der Waals surface area (Å²) in [7, 11) is 0. The summed E-state index contributed by atoms with van der Waals surface area (Å²) >= 11 is 1.58. The second kappa shape index (κ2) is 9.87. The predicted octanol–water partition coefficient (Wildman–Crippen LogP) is 3.53. The Bertz CT molecular complexity index is 1010. The third kappa shape index (κ3) is 4.51. The highest BCUT2D eigenvalue weighted by Gasteiger charge is 2.25. The zero-order valence-electron chi connectivity index (χ0n) is 17.6. The zero-order valence-corrected chi connectivity index (χ0v) is 19.3. The molecule has 1 aromatic carbocycles. The number of aryl methyl sites for hydroxylation is 3. The summed E-state index contributed by atoms with van der Waals surface area (Å²) in [6, 6.07) is 6.00. The number of ether oxygens (including phenoxy) is 1. The molecule has 4 rings (SSSR count). The minimum absolute atomic E-state index is 0. The van der Waals surface area contributed by atoms with Crippen LogP contribution in [0.5, 0.6) is 0 Å². The Labute approximate surface area is 187 Å². The quantitative estimate of drug-likeness (QED) is 0.576. The van der Waals surface area contributed by atoms with Crippen molar-refractivity contribution >= 4 is 45.0 Å². The van der Waals surface area contributed by atoms with E-state index in [1.165, 1.54) is 11.1 Å². The zero-order chi connectivity index (χ0) is 20.4. The van der Waals surface area contributed by atoms with Crippen LogP contribution >= 0.6 is 23.7 Å². The van der Waals surface area contributed by atoms with Crippen molar-refractivity contribution < 1.29 is 9.53 Å². The number of hydrogen-bond acceptors (Lipinski definition) is 6. The maximum Gasteiger partial charge on any atom is 0.278 e. The molecule has 7 nitrogen and oxygen atoms in total. The van der Waals surface area contributed by atoms with Crippen LogP contribution in [0.4, 0.5) is 5.13 Å². The number of benzene rings is 1. The Kier molecular flexibility index (Phi) is 7.46. The minimum Gasteiger partial charge on any atom is -0.379 e. The molecule has 0 atom stereocenters. The van der Waals surface area contributed by atoms with Crippen LogP contribution in [0.15, 0.2) is 24.4 Å². The number of fused-ring (bicyclic) bond motifs is 1. The van der Waals surface area contributed by atoms with Gasteiger partial charge in [-0.3, -0.25) is 19.3 Å². The number of rotatable bonds is 6. The Morgan fingerprint density at radius 2 is 2.00 bits per heavy atom. The van der Waals surface area contributed by atoms with Gasteiger partial charge in [0.25, 0.3) is 5.91 Å². The monoisotopic (exact) mass is 449 g/mol. The number of carbonyl (C=O) groups excluding carboxylic acids is 1.